The number of carbonyl (C=O) groups is 1. The van der Waals surface area contributed by atoms with Crippen molar-refractivity contribution in [2.45, 2.75) is 6.92 Å². The highest BCUT2D eigenvalue weighted by Gasteiger charge is 2.25. The average molecular weight is 362 g/mol. The number of cyclic esters (lactones) is 1. The maximum Gasteiger partial charge on any atom is 0.363 e. The lowest BCUT2D eigenvalue weighted by atomic mass is 10.2. The van der Waals surface area contributed by atoms with Gasteiger partial charge in [0.1, 0.15) is 5.75 Å². The standard InChI is InChI=1S/C18H13Cl2NO3/c1-2-23-13-5-3-4-11(8-13)9-16-18(22)24-17(21-16)14-10-12(19)6-7-15(14)20/h3-10H,2H2,1H3/b16-9-. The number of halogens is 2. The Morgan fingerprint density at radius 2 is 2.04 bits per heavy atom. The van der Waals surface area contributed by atoms with Gasteiger partial charge >= 0.3 is 5.97 Å². The smallest absolute Gasteiger partial charge is 0.363 e. The molecule has 0 aliphatic carbocycles. The van der Waals surface area contributed by atoms with Gasteiger partial charge in [-0.3, -0.25) is 0 Å². The van der Waals surface area contributed by atoms with Crippen molar-refractivity contribution in [2.24, 2.45) is 4.99 Å². The molecule has 2 aromatic rings. The van der Waals surface area contributed by atoms with Gasteiger partial charge in [-0.2, -0.15) is 0 Å². The Labute approximate surface area is 149 Å². The van der Waals surface area contributed by atoms with Crippen LogP contribution in [0.25, 0.3) is 6.08 Å². The average Bonchev–Trinajstić information content (AvgIpc) is 2.91. The second-order valence-electron chi connectivity index (χ2n) is 4.97. The van der Waals surface area contributed by atoms with Gasteiger partial charge in [-0.25, -0.2) is 9.79 Å². The number of rotatable bonds is 4. The molecule has 0 spiro atoms. The normalized spacial score (nSPS) is 15.4. The van der Waals surface area contributed by atoms with Crippen LogP contribution >= 0.6 is 23.2 Å². The monoisotopic (exact) mass is 361 g/mol. The van der Waals surface area contributed by atoms with E-state index in [1.807, 2.05) is 31.2 Å². The lowest BCUT2D eigenvalue weighted by Gasteiger charge is -2.03. The van der Waals surface area contributed by atoms with Gasteiger partial charge in [0.15, 0.2) is 5.70 Å². The molecule has 0 unspecified atom stereocenters. The number of esters is 1. The van der Waals surface area contributed by atoms with Crippen LogP contribution in [-0.2, 0) is 9.53 Å². The highest BCUT2D eigenvalue weighted by Crippen LogP contribution is 2.26. The van der Waals surface area contributed by atoms with Crippen LogP contribution in [0.2, 0.25) is 10.0 Å². The van der Waals surface area contributed by atoms with Crippen LogP contribution in [0, 0.1) is 0 Å². The number of nitrogens with zero attached hydrogens (tertiary/aromatic N) is 1. The van der Waals surface area contributed by atoms with Gasteiger partial charge in [-0.15, -0.1) is 0 Å². The third-order valence-corrected chi connectivity index (χ3v) is 3.82. The van der Waals surface area contributed by atoms with E-state index in [1.54, 1.807) is 24.3 Å². The van der Waals surface area contributed by atoms with Gasteiger partial charge in [0.05, 0.1) is 17.2 Å². The summed E-state index contributed by atoms with van der Waals surface area (Å²) in [7, 11) is 0. The maximum atomic E-state index is 12.1. The second-order valence-corrected chi connectivity index (χ2v) is 5.81. The maximum absolute atomic E-state index is 12.1. The van der Waals surface area contributed by atoms with Gasteiger partial charge in [-0.05, 0) is 48.9 Å². The van der Waals surface area contributed by atoms with E-state index in [0.29, 0.717) is 22.2 Å². The van der Waals surface area contributed by atoms with Crippen molar-refractivity contribution in [2.75, 3.05) is 6.61 Å². The molecule has 24 heavy (non-hydrogen) atoms. The Balaban J connectivity index is 1.94. The zero-order valence-electron chi connectivity index (χ0n) is 12.8. The molecule has 0 N–H and O–H groups in total. The zero-order valence-corrected chi connectivity index (χ0v) is 14.3. The van der Waals surface area contributed by atoms with Crippen molar-refractivity contribution in [3.8, 4) is 5.75 Å². The van der Waals surface area contributed by atoms with Crippen LogP contribution in [0.5, 0.6) is 5.75 Å². The molecule has 3 rings (SSSR count). The van der Waals surface area contributed by atoms with E-state index in [2.05, 4.69) is 4.99 Å². The van der Waals surface area contributed by atoms with Crippen molar-refractivity contribution in [3.05, 3.63) is 69.3 Å². The van der Waals surface area contributed by atoms with Gasteiger partial charge in [-0.1, -0.05) is 35.3 Å². The fraction of sp³-hybridized carbons (Fsp3) is 0.111. The highest BCUT2D eigenvalue weighted by atomic mass is 35.5. The Bertz CT molecular complexity index is 859. The molecule has 4 nitrogen and oxygen atoms in total. The van der Waals surface area contributed by atoms with Gasteiger partial charge in [0, 0.05) is 5.02 Å². The van der Waals surface area contributed by atoms with Gasteiger partial charge in [0.25, 0.3) is 0 Å². The summed E-state index contributed by atoms with van der Waals surface area (Å²) in [5.74, 6) is 0.322. The first-order chi connectivity index (χ1) is 11.6. The third-order valence-electron chi connectivity index (χ3n) is 3.25. The third kappa shape index (κ3) is 3.61. The molecule has 0 saturated heterocycles. The minimum atomic E-state index is -0.539. The number of ether oxygens (including phenoxy) is 2. The summed E-state index contributed by atoms with van der Waals surface area (Å²) < 4.78 is 10.7. The number of hydrogen-bond donors (Lipinski definition) is 0. The fourth-order valence-corrected chi connectivity index (χ4v) is 2.57. The van der Waals surface area contributed by atoms with E-state index in [0.717, 1.165) is 11.3 Å². The van der Waals surface area contributed by atoms with Crippen molar-refractivity contribution in [1.82, 2.24) is 0 Å². The Hall–Kier alpha value is -2.30. The molecule has 0 atom stereocenters. The molecule has 0 fully saturated rings. The Kier molecular flexibility index (Phi) is 4.88. The molecule has 0 radical (unpaired) electrons. The summed E-state index contributed by atoms with van der Waals surface area (Å²) in [6.07, 6.45) is 1.64. The van der Waals surface area contributed by atoms with E-state index in [9.17, 15) is 4.79 Å². The van der Waals surface area contributed by atoms with Gasteiger partial charge < -0.3 is 9.47 Å². The molecule has 0 aromatic heterocycles. The van der Waals surface area contributed by atoms with E-state index in [1.165, 1.54) is 0 Å². The molecule has 0 bridgehead atoms. The highest BCUT2D eigenvalue weighted by molar-refractivity contribution is 6.36. The molecule has 122 valence electrons. The van der Waals surface area contributed by atoms with Crippen LogP contribution in [-0.4, -0.2) is 18.5 Å². The van der Waals surface area contributed by atoms with Crippen LogP contribution in [0.4, 0.5) is 0 Å². The van der Waals surface area contributed by atoms with Crippen molar-refractivity contribution in [1.29, 1.82) is 0 Å². The van der Waals surface area contributed by atoms with Crippen molar-refractivity contribution >= 4 is 41.1 Å². The predicted octanol–water partition coefficient (Wildman–Crippen LogP) is 4.74. The molecule has 1 aliphatic heterocycles. The zero-order chi connectivity index (χ0) is 17.1. The Morgan fingerprint density at radius 3 is 2.83 bits per heavy atom. The molecule has 6 heteroatoms. The topological polar surface area (TPSA) is 47.9 Å². The van der Waals surface area contributed by atoms with E-state index >= 15 is 0 Å². The lowest BCUT2D eigenvalue weighted by Crippen LogP contribution is -2.06. The van der Waals surface area contributed by atoms with Gasteiger partial charge in [0.2, 0.25) is 5.90 Å². The first-order valence-electron chi connectivity index (χ1n) is 7.27. The summed E-state index contributed by atoms with van der Waals surface area (Å²) in [5, 5.41) is 0.889. The summed E-state index contributed by atoms with van der Waals surface area (Å²) in [4.78, 5) is 16.3. The number of hydrogen-bond acceptors (Lipinski definition) is 4. The molecular formula is C18H13Cl2NO3. The molecule has 1 aliphatic rings. The SMILES string of the molecule is CCOc1cccc(/C=C2\N=C(c3cc(Cl)ccc3Cl)OC2=O)c1. The number of carbonyl (C=O) groups excluding carboxylic acids is 1. The minimum absolute atomic E-state index is 0.139. The molecule has 2 aromatic carbocycles. The van der Waals surface area contributed by atoms with E-state index in [-0.39, 0.29) is 11.6 Å². The molecule has 0 amide bonds. The largest absolute Gasteiger partial charge is 0.494 e. The summed E-state index contributed by atoms with van der Waals surface area (Å²) >= 11 is 12.1. The predicted molar refractivity (Wildman–Crippen MR) is 94.7 cm³/mol. The van der Waals surface area contributed by atoms with Crippen LogP contribution in [0.15, 0.2) is 53.2 Å². The van der Waals surface area contributed by atoms with E-state index in [4.69, 9.17) is 32.7 Å². The molecular weight excluding hydrogens is 349 g/mol. The summed E-state index contributed by atoms with van der Waals surface area (Å²) in [6, 6.07) is 12.2. The fourth-order valence-electron chi connectivity index (χ4n) is 2.20. The van der Waals surface area contributed by atoms with Crippen LogP contribution in [0.3, 0.4) is 0 Å². The Morgan fingerprint density at radius 1 is 1.21 bits per heavy atom. The van der Waals surface area contributed by atoms with Crippen molar-refractivity contribution < 1.29 is 14.3 Å². The van der Waals surface area contributed by atoms with Crippen LogP contribution in [0.1, 0.15) is 18.1 Å². The van der Waals surface area contributed by atoms with E-state index < -0.39 is 5.97 Å². The minimum Gasteiger partial charge on any atom is -0.494 e. The molecule has 0 saturated carbocycles. The first kappa shape index (κ1) is 16.6. The summed E-state index contributed by atoms with van der Waals surface area (Å²) in [5.41, 5.74) is 1.45. The first-order valence-corrected chi connectivity index (χ1v) is 8.03. The molecule has 1 heterocycles. The number of aliphatic imine (C=N–C) groups is 1. The quantitative estimate of drug-likeness (QED) is 0.583. The van der Waals surface area contributed by atoms with Crippen LogP contribution < -0.4 is 4.74 Å². The lowest BCUT2D eigenvalue weighted by molar-refractivity contribution is -0.129. The summed E-state index contributed by atoms with van der Waals surface area (Å²) in [6.45, 7) is 2.47. The second kappa shape index (κ2) is 7.07. The van der Waals surface area contributed by atoms with Crippen molar-refractivity contribution in [3.63, 3.8) is 0 Å². The number of benzene rings is 2.